The molecule has 188 valence electrons. The number of pyridine rings is 1. The van der Waals surface area contributed by atoms with Crippen molar-refractivity contribution in [2.75, 3.05) is 33.9 Å². The maximum absolute atomic E-state index is 13.6. The van der Waals surface area contributed by atoms with Crippen LogP contribution in [-0.2, 0) is 22.5 Å². The Labute approximate surface area is 214 Å². The second kappa shape index (κ2) is 10.6. The van der Waals surface area contributed by atoms with Crippen LogP contribution in [0.3, 0.4) is 0 Å². The van der Waals surface area contributed by atoms with Crippen LogP contribution in [0.15, 0.2) is 16.9 Å². The maximum Gasteiger partial charge on any atom is 0.256 e. The lowest BCUT2D eigenvalue weighted by molar-refractivity contribution is -0.120. The largest absolute Gasteiger partial charge is 0.496 e. The summed E-state index contributed by atoms with van der Waals surface area (Å²) in [6.07, 6.45) is 2.54. The number of H-pyrrole nitrogens is 1. The predicted molar refractivity (Wildman–Crippen MR) is 133 cm³/mol. The number of aromatic amines is 1. The molecule has 3 heterocycles. The van der Waals surface area contributed by atoms with Crippen molar-refractivity contribution in [3.05, 3.63) is 60.5 Å². The van der Waals surface area contributed by atoms with Gasteiger partial charge in [0.15, 0.2) is 0 Å². The molecular weight excluding hydrogens is 493 g/mol. The van der Waals surface area contributed by atoms with Crippen LogP contribution in [0.25, 0.3) is 0 Å². The quantitative estimate of drug-likeness (QED) is 0.560. The molecule has 8 nitrogen and oxygen atoms in total. The summed E-state index contributed by atoms with van der Waals surface area (Å²) in [4.78, 5) is 43.5. The van der Waals surface area contributed by atoms with E-state index in [1.807, 2.05) is 0 Å². The lowest BCUT2D eigenvalue weighted by Gasteiger charge is -2.35. The number of aryl methyl sites for hydroxylation is 1. The first-order valence-electron chi connectivity index (χ1n) is 11.6. The SMILES string of the molecule is COc1cc(C)[nH]c(=O)c1CN1CCc2c(Cl)cc(C(OC)C3CCN(C=O)CC3)c(Cl)c2C1=O. The number of benzene rings is 1. The van der Waals surface area contributed by atoms with Gasteiger partial charge in [0, 0.05) is 43.0 Å². The minimum absolute atomic E-state index is 0.0904. The standard InChI is InChI=1S/C25H29Cl2N3O5/c1-14-10-20(34-2)18(24(32)28-14)12-30-9-6-16-19(26)11-17(22(27)21(16)25(30)33)23(35-3)15-4-7-29(13-31)8-5-15/h10-11,13,15,23H,4-9,12H2,1-3H3,(H,28,32). The van der Waals surface area contributed by atoms with Crippen LogP contribution in [0.4, 0.5) is 0 Å². The van der Waals surface area contributed by atoms with Crippen LogP contribution in [0.5, 0.6) is 5.75 Å². The number of hydrogen-bond donors (Lipinski definition) is 1. The summed E-state index contributed by atoms with van der Waals surface area (Å²) in [5.41, 5.74) is 2.50. The number of rotatable bonds is 7. The minimum Gasteiger partial charge on any atom is -0.496 e. The Morgan fingerprint density at radius 1 is 1.17 bits per heavy atom. The van der Waals surface area contributed by atoms with Crippen molar-refractivity contribution >= 4 is 35.5 Å². The Bertz CT molecular complexity index is 1190. The number of hydrogen-bond acceptors (Lipinski definition) is 5. The van der Waals surface area contributed by atoms with E-state index in [1.165, 1.54) is 7.11 Å². The summed E-state index contributed by atoms with van der Waals surface area (Å²) < 4.78 is 11.2. The van der Waals surface area contributed by atoms with Crippen molar-refractivity contribution < 1.29 is 19.1 Å². The van der Waals surface area contributed by atoms with Crippen LogP contribution in [0, 0.1) is 12.8 Å². The molecule has 1 saturated heterocycles. The summed E-state index contributed by atoms with van der Waals surface area (Å²) in [6, 6.07) is 3.54. The average Bonchev–Trinajstić information content (AvgIpc) is 2.85. The molecule has 1 atom stereocenters. The van der Waals surface area contributed by atoms with Crippen molar-refractivity contribution in [3.63, 3.8) is 0 Å². The minimum atomic E-state index is -0.359. The summed E-state index contributed by atoms with van der Waals surface area (Å²) >= 11 is 13.5. The van der Waals surface area contributed by atoms with Gasteiger partial charge < -0.3 is 24.3 Å². The van der Waals surface area contributed by atoms with E-state index < -0.39 is 0 Å². The van der Waals surface area contributed by atoms with Crippen molar-refractivity contribution in [1.82, 2.24) is 14.8 Å². The molecule has 1 fully saturated rings. The molecule has 1 unspecified atom stereocenters. The number of piperidine rings is 1. The van der Waals surface area contributed by atoms with Gasteiger partial charge in [0.1, 0.15) is 5.75 Å². The van der Waals surface area contributed by atoms with Gasteiger partial charge in [-0.2, -0.15) is 0 Å². The fourth-order valence-corrected chi connectivity index (χ4v) is 5.79. The second-order valence-electron chi connectivity index (χ2n) is 9.06. The first-order valence-corrected chi connectivity index (χ1v) is 12.3. The van der Waals surface area contributed by atoms with E-state index in [0.717, 1.165) is 19.3 Å². The van der Waals surface area contributed by atoms with Gasteiger partial charge in [0.2, 0.25) is 6.41 Å². The monoisotopic (exact) mass is 521 g/mol. The van der Waals surface area contributed by atoms with Gasteiger partial charge in [-0.05, 0) is 49.8 Å². The van der Waals surface area contributed by atoms with E-state index in [-0.39, 0.29) is 30.0 Å². The molecule has 0 radical (unpaired) electrons. The summed E-state index contributed by atoms with van der Waals surface area (Å²) in [6.45, 7) is 3.55. The zero-order valence-corrected chi connectivity index (χ0v) is 21.5. The Balaban J connectivity index is 1.67. The summed E-state index contributed by atoms with van der Waals surface area (Å²) in [7, 11) is 3.11. The van der Waals surface area contributed by atoms with Crippen LogP contribution in [-0.4, -0.2) is 61.0 Å². The number of nitrogens with one attached hydrogen (secondary N) is 1. The molecular formula is C25H29Cl2N3O5. The highest BCUT2D eigenvalue weighted by Gasteiger charge is 2.35. The van der Waals surface area contributed by atoms with Crippen LogP contribution < -0.4 is 10.3 Å². The molecule has 0 bridgehead atoms. The molecule has 35 heavy (non-hydrogen) atoms. The molecule has 2 aliphatic heterocycles. The van der Waals surface area contributed by atoms with Gasteiger partial charge in [-0.25, -0.2) is 0 Å². The average molecular weight is 522 g/mol. The van der Waals surface area contributed by atoms with E-state index in [0.29, 0.717) is 69.8 Å². The van der Waals surface area contributed by atoms with Crippen LogP contribution in [0.1, 0.15) is 51.7 Å². The summed E-state index contributed by atoms with van der Waals surface area (Å²) in [5, 5.41) is 0.805. The molecule has 2 aromatic rings. The van der Waals surface area contributed by atoms with E-state index in [4.69, 9.17) is 32.7 Å². The number of carbonyl (C=O) groups excluding carboxylic acids is 2. The molecule has 0 spiro atoms. The Morgan fingerprint density at radius 3 is 2.51 bits per heavy atom. The van der Waals surface area contributed by atoms with E-state index in [1.54, 1.807) is 36.0 Å². The highest BCUT2D eigenvalue weighted by Crippen LogP contribution is 2.42. The number of likely N-dealkylation sites (tertiary alicyclic amines) is 1. The van der Waals surface area contributed by atoms with Crippen molar-refractivity contribution in [2.45, 2.75) is 38.8 Å². The van der Waals surface area contributed by atoms with Gasteiger partial charge in [0.25, 0.3) is 11.5 Å². The third kappa shape index (κ3) is 4.92. The zero-order valence-electron chi connectivity index (χ0n) is 20.0. The topological polar surface area (TPSA) is 91.9 Å². The van der Waals surface area contributed by atoms with Crippen molar-refractivity contribution in [2.24, 2.45) is 5.92 Å². The van der Waals surface area contributed by atoms with Crippen molar-refractivity contribution in [1.29, 1.82) is 0 Å². The lowest BCUT2D eigenvalue weighted by Crippen LogP contribution is -2.39. The first-order chi connectivity index (χ1) is 16.8. The van der Waals surface area contributed by atoms with E-state index in [9.17, 15) is 14.4 Å². The zero-order chi connectivity index (χ0) is 25.3. The fraction of sp³-hybridized carbons (Fsp3) is 0.480. The maximum atomic E-state index is 13.6. The molecule has 0 saturated carbocycles. The second-order valence-corrected chi connectivity index (χ2v) is 9.84. The lowest BCUT2D eigenvalue weighted by atomic mass is 9.85. The number of fused-ring (bicyclic) bond motifs is 1. The third-order valence-corrected chi connectivity index (χ3v) is 7.73. The van der Waals surface area contributed by atoms with Gasteiger partial charge in [-0.3, -0.25) is 14.4 Å². The number of ether oxygens (including phenoxy) is 2. The van der Waals surface area contributed by atoms with Gasteiger partial charge in [-0.1, -0.05) is 23.2 Å². The van der Waals surface area contributed by atoms with E-state index in [2.05, 4.69) is 4.98 Å². The molecule has 1 aromatic carbocycles. The number of aromatic nitrogens is 1. The molecule has 1 N–H and O–H groups in total. The molecule has 1 aromatic heterocycles. The highest BCUT2D eigenvalue weighted by atomic mass is 35.5. The van der Waals surface area contributed by atoms with Gasteiger partial charge in [0.05, 0.1) is 35.9 Å². The number of amides is 2. The molecule has 10 heteroatoms. The predicted octanol–water partition coefficient (Wildman–Crippen LogP) is 3.75. The number of halogens is 2. The molecule has 2 amide bonds. The number of methoxy groups -OCH3 is 2. The number of carbonyl (C=O) groups is 2. The third-order valence-electron chi connectivity index (χ3n) is 6.99. The van der Waals surface area contributed by atoms with E-state index >= 15 is 0 Å². The smallest absolute Gasteiger partial charge is 0.256 e. The highest BCUT2D eigenvalue weighted by molar-refractivity contribution is 6.37. The van der Waals surface area contributed by atoms with Crippen molar-refractivity contribution in [3.8, 4) is 5.75 Å². The molecule has 2 aliphatic rings. The molecule has 0 aliphatic carbocycles. The molecule has 4 rings (SSSR count). The van der Waals surface area contributed by atoms with Crippen LogP contribution in [0.2, 0.25) is 10.0 Å². The normalized spacial score (nSPS) is 17.3. The van der Waals surface area contributed by atoms with Gasteiger partial charge >= 0.3 is 0 Å². The Kier molecular flexibility index (Phi) is 7.73. The van der Waals surface area contributed by atoms with Gasteiger partial charge in [-0.15, -0.1) is 0 Å². The number of nitrogens with zero attached hydrogens (tertiary/aromatic N) is 2. The Hall–Kier alpha value is -2.55. The van der Waals surface area contributed by atoms with Crippen LogP contribution >= 0.6 is 23.2 Å². The summed E-state index contributed by atoms with van der Waals surface area (Å²) in [5.74, 6) is 0.282. The fourth-order valence-electron chi connectivity index (χ4n) is 5.12. The first kappa shape index (κ1) is 25.5. The Morgan fingerprint density at radius 2 is 1.89 bits per heavy atom.